The summed E-state index contributed by atoms with van der Waals surface area (Å²) >= 11 is 7.77. The Bertz CT molecular complexity index is 381. The minimum absolute atomic E-state index is 0.151. The zero-order valence-corrected chi connectivity index (χ0v) is 14.7. The quantitative estimate of drug-likeness (QED) is 0.757. The van der Waals surface area contributed by atoms with Crippen LogP contribution in [-0.2, 0) is 0 Å². The lowest BCUT2D eigenvalue weighted by molar-refractivity contribution is 0.157. The molecule has 2 atom stereocenters. The average molecular weight is 318 g/mol. The summed E-state index contributed by atoms with van der Waals surface area (Å²) in [5.74, 6) is 0. The monoisotopic (exact) mass is 317 g/mol. The number of hydrogen-bond donors (Lipinski definition) is 1. The molecule has 1 aromatic heterocycles. The highest BCUT2D eigenvalue weighted by Crippen LogP contribution is 2.33. The minimum atomic E-state index is 0.151. The summed E-state index contributed by atoms with van der Waals surface area (Å²) in [5, 5.41) is 0. The lowest BCUT2D eigenvalue weighted by atomic mass is 10.0. The first-order chi connectivity index (χ1) is 9.49. The molecule has 3 nitrogen and oxygen atoms in total. The molecule has 0 saturated heterocycles. The van der Waals surface area contributed by atoms with Gasteiger partial charge in [-0.15, -0.1) is 11.3 Å². The van der Waals surface area contributed by atoms with Crippen LogP contribution in [0.15, 0.2) is 12.1 Å². The van der Waals surface area contributed by atoms with Crippen molar-refractivity contribution in [2.45, 2.75) is 38.8 Å². The molecule has 0 aromatic carbocycles. The van der Waals surface area contributed by atoms with Crippen LogP contribution in [0.3, 0.4) is 0 Å². The van der Waals surface area contributed by atoms with Crippen LogP contribution in [0.25, 0.3) is 0 Å². The van der Waals surface area contributed by atoms with Crippen LogP contribution in [0.4, 0.5) is 0 Å². The lowest BCUT2D eigenvalue weighted by Crippen LogP contribution is -2.43. The van der Waals surface area contributed by atoms with Gasteiger partial charge in [0.25, 0.3) is 0 Å². The van der Waals surface area contributed by atoms with E-state index in [9.17, 15) is 0 Å². The molecule has 0 spiro atoms. The predicted molar refractivity (Wildman–Crippen MR) is 90.8 cm³/mol. The van der Waals surface area contributed by atoms with Crippen molar-refractivity contribution in [3.05, 3.63) is 21.3 Å². The van der Waals surface area contributed by atoms with Gasteiger partial charge in [0.1, 0.15) is 0 Å². The Morgan fingerprint density at radius 2 is 1.90 bits per heavy atom. The van der Waals surface area contributed by atoms with Gasteiger partial charge >= 0.3 is 0 Å². The second-order valence-corrected chi connectivity index (χ2v) is 7.24. The van der Waals surface area contributed by atoms with Gasteiger partial charge in [-0.1, -0.05) is 25.4 Å². The first-order valence-electron chi connectivity index (χ1n) is 7.39. The smallest absolute Gasteiger partial charge is 0.0931 e. The summed E-state index contributed by atoms with van der Waals surface area (Å²) < 4.78 is 0.845. The third-order valence-corrected chi connectivity index (χ3v) is 4.80. The molecule has 20 heavy (non-hydrogen) atoms. The van der Waals surface area contributed by atoms with E-state index in [1.54, 1.807) is 11.3 Å². The Hall–Kier alpha value is -0.130. The molecule has 116 valence electrons. The molecule has 1 rings (SSSR count). The van der Waals surface area contributed by atoms with Crippen molar-refractivity contribution >= 4 is 22.9 Å². The summed E-state index contributed by atoms with van der Waals surface area (Å²) in [5.41, 5.74) is 6.40. The van der Waals surface area contributed by atoms with Gasteiger partial charge in [0.2, 0.25) is 0 Å². The molecule has 0 amide bonds. The van der Waals surface area contributed by atoms with Gasteiger partial charge in [0.05, 0.1) is 10.4 Å². The molecule has 0 aliphatic carbocycles. The first-order valence-corrected chi connectivity index (χ1v) is 8.58. The van der Waals surface area contributed by atoms with Crippen LogP contribution < -0.4 is 5.73 Å². The third-order valence-electron chi connectivity index (χ3n) is 3.50. The van der Waals surface area contributed by atoms with Crippen molar-refractivity contribution in [2.75, 3.05) is 33.7 Å². The maximum Gasteiger partial charge on any atom is 0.0931 e. The largest absolute Gasteiger partial charge is 0.326 e. The average Bonchev–Trinajstić information content (AvgIpc) is 2.82. The molecule has 0 radical (unpaired) electrons. The van der Waals surface area contributed by atoms with Gasteiger partial charge in [0, 0.05) is 24.0 Å². The summed E-state index contributed by atoms with van der Waals surface area (Å²) in [7, 11) is 4.22. The van der Waals surface area contributed by atoms with Crippen LogP contribution in [0.5, 0.6) is 0 Å². The fraction of sp³-hybridized carbons (Fsp3) is 0.733. The van der Waals surface area contributed by atoms with E-state index < -0.39 is 0 Å². The van der Waals surface area contributed by atoms with Crippen LogP contribution in [0.2, 0.25) is 4.34 Å². The lowest BCUT2D eigenvalue weighted by Gasteiger charge is -2.35. The standard InChI is InChI=1S/C15H28ClN3S/c1-5-9-19(11-10-18(3)4)15(12(17)6-2)13-7-8-14(16)20-13/h7-8,12,15H,5-6,9-11,17H2,1-4H3. The minimum Gasteiger partial charge on any atom is -0.326 e. The van der Waals surface area contributed by atoms with Crippen molar-refractivity contribution in [1.82, 2.24) is 9.80 Å². The summed E-state index contributed by atoms with van der Waals surface area (Å²) in [4.78, 5) is 6.02. The number of hydrogen-bond acceptors (Lipinski definition) is 4. The maximum atomic E-state index is 6.40. The molecular formula is C15H28ClN3S. The van der Waals surface area contributed by atoms with Crippen molar-refractivity contribution in [3.8, 4) is 0 Å². The van der Waals surface area contributed by atoms with Crippen LogP contribution in [-0.4, -0.2) is 49.6 Å². The SMILES string of the molecule is CCCN(CCN(C)C)C(c1ccc(Cl)s1)C(N)CC. The highest BCUT2D eigenvalue weighted by molar-refractivity contribution is 7.16. The number of halogens is 1. The third kappa shape index (κ3) is 5.34. The van der Waals surface area contributed by atoms with E-state index in [0.717, 1.165) is 36.8 Å². The van der Waals surface area contributed by atoms with Gasteiger partial charge in [0.15, 0.2) is 0 Å². The Balaban J connectivity index is 2.92. The second kappa shape index (κ2) is 9.00. The van der Waals surface area contributed by atoms with Crippen molar-refractivity contribution in [2.24, 2.45) is 5.73 Å². The highest BCUT2D eigenvalue weighted by Gasteiger charge is 2.26. The van der Waals surface area contributed by atoms with E-state index in [2.05, 4.69) is 43.8 Å². The van der Waals surface area contributed by atoms with E-state index in [-0.39, 0.29) is 12.1 Å². The summed E-state index contributed by atoms with van der Waals surface area (Å²) in [6, 6.07) is 4.54. The normalized spacial score (nSPS) is 15.0. The topological polar surface area (TPSA) is 32.5 Å². The molecule has 5 heteroatoms. The predicted octanol–water partition coefficient (Wildman–Crippen LogP) is 3.45. The zero-order chi connectivity index (χ0) is 15.1. The fourth-order valence-corrected chi connectivity index (χ4v) is 3.65. The molecular weight excluding hydrogens is 290 g/mol. The van der Waals surface area contributed by atoms with E-state index in [1.807, 2.05) is 6.07 Å². The van der Waals surface area contributed by atoms with Gasteiger partial charge in [-0.3, -0.25) is 4.90 Å². The summed E-state index contributed by atoms with van der Waals surface area (Å²) in [6.45, 7) is 7.53. The van der Waals surface area contributed by atoms with E-state index >= 15 is 0 Å². The first kappa shape index (κ1) is 17.9. The molecule has 0 saturated carbocycles. The maximum absolute atomic E-state index is 6.40. The van der Waals surface area contributed by atoms with E-state index in [1.165, 1.54) is 4.88 Å². The molecule has 0 aliphatic rings. The van der Waals surface area contributed by atoms with Crippen molar-refractivity contribution < 1.29 is 0 Å². The second-order valence-electron chi connectivity index (χ2n) is 5.50. The van der Waals surface area contributed by atoms with E-state index in [4.69, 9.17) is 17.3 Å². The van der Waals surface area contributed by atoms with Crippen molar-refractivity contribution in [1.29, 1.82) is 0 Å². The van der Waals surface area contributed by atoms with Gasteiger partial charge < -0.3 is 10.6 Å². The zero-order valence-electron chi connectivity index (χ0n) is 13.1. The Morgan fingerprint density at radius 3 is 2.35 bits per heavy atom. The fourth-order valence-electron chi connectivity index (χ4n) is 2.38. The number of likely N-dealkylation sites (N-methyl/N-ethyl adjacent to an activating group) is 1. The number of thiophene rings is 1. The highest BCUT2D eigenvalue weighted by atomic mass is 35.5. The van der Waals surface area contributed by atoms with E-state index in [0.29, 0.717) is 0 Å². The Morgan fingerprint density at radius 1 is 1.20 bits per heavy atom. The molecule has 0 bridgehead atoms. The van der Waals surface area contributed by atoms with Gasteiger partial charge in [-0.25, -0.2) is 0 Å². The number of nitrogens with zero attached hydrogens (tertiary/aromatic N) is 2. The summed E-state index contributed by atoms with van der Waals surface area (Å²) in [6.07, 6.45) is 2.11. The molecule has 2 unspecified atom stereocenters. The van der Waals surface area contributed by atoms with Crippen LogP contribution >= 0.6 is 22.9 Å². The van der Waals surface area contributed by atoms with Crippen molar-refractivity contribution in [3.63, 3.8) is 0 Å². The molecule has 1 heterocycles. The Kier molecular flexibility index (Phi) is 8.07. The molecule has 0 aliphatic heterocycles. The molecule has 1 aromatic rings. The number of rotatable bonds is 9. The Labute approximate surface area is 132 Å². The molecule has 2 N–H and O–H groups in total. The molecule has 0 fully saturated rings. The number of nitrogens with two attached hydrogens (primary N) is 1. The van der Waals surface area contributed by atoms with Crippen LogP contribution in [0, 0.1) is 0 Å². The van der Waals surface area contributed by atoms with Crippen LogP contribution in [0.1, 0.15) is 37.6 Å². The van der Waals surface area contributed by atoms with Gasteiger partial charge in [-0.2, -0.15) is 0 Å². The van der Waals surface area contributed by atoms with Gasteiger partial charge in [-0.05, 0) is 45.6 Å².